The molecule has 1 unspecified atom stereocenters. The maximum absolute atomic E-state index is 13.5. The quantitative estimate of drug-likeness (QED) is 0.123. The van der Waals surface area contributed by atoms with Gasteiger partial charge in [0.1, 0.15) is 11.5 Å². The fraction of sp³-hybridized carbons (Fsp3) is 0.211. The van der Waals surface area contributed by atoms with Crippen LogP contribution in [0.3, 0.4) is 0 Å². The Balaban J connectivity index is 1.18. The second-order valence-corrected chi connectivity index (χ2v) is 11.0. The number of nitrogens with zero attached hydrogens (tertiary/aromatic N) is 3. The molecule has 2 heterocycles. The number of anilines is 1. The van der Waals surface area contributed by atoms with Crippen molar-refractivity contribution < 1.29 is 18.4 Å². The van der Waals surface area contributed by atoms with Crippen LogP contribution in [0.4, 0.5) is 5.69 Å². The standard InChI is InChI=1S/C38H36N4O4/c1-3-12-35-41-42-36(46-35)25-34(39-33-18-11-10-17-31(33)37(43)28-13-6-4-7-14-28)27-19-21-30(22-20-27)44-24-23-32-26(2)45-38(40-32)29-15-8-5-9-16-29/h4-11,13-22,34,39H,3,12,23-25H2,1-2H3. The second kappa shape index (κ2) is 14.5. The summed E-state index contributed by atoms with van der Waals surface area (Å²) in [6, 6.07) is 34.4. The first-order valence-corrected chi connectivity index (χ1v) is 15.6. The van der Waals surface area contributed by atoms with Gasteiger partial charge in [-0.25, -0.2) is 4.98 Å². The summed E-state index contributed by atoms with van der Waals surface area (Å²) >= 11 is 0. The van der Waals surface area contributed by atoms with Crippen molar-refractivity contribution in [3.8, 4) is 17.2 Å². The Morgan fingerprint density at radius 3 is 2.26 bits per heavy atom. The normalized spacial score (nSPS) is 11.7. The highest BCUT2D eigenvalue weighted by atomic mass is 16.5. The largest absolute Gasteiger partial charge is 0.493 e. The van der Waals surface area contributed by atoms with Crippen LogP contribution in [0.25, 0.3) is 11.5 Å². The summed E-state index contributed by atoms with van der Waals surface area (Å²) in [5, 5.41) is 12.1. The molecule has 0 bridgehead atoms. The molecule has 8 nitrogen and oxygen atoms in total. The van der Waals surface area contributed by atoms with Gasteiger partial charge in [0.2, 0.25) is 17.7 Å². The lowest BCUT2D eigenvalue weighted by Crippen LogP contribution is -2.16. The molecule has 0 saturated heterocycles. The Hall–Kier alpha value is -5.50. The maximum atomic E-state index is 13.5. The van der Waals surface area contributed by atoms with Gasteiger partial charge < -0.3 is 18.9 Å². The molecule has 232 valence electrons. The van der Waals surface area contributed by atoms with Gasteiger partial charge in [-0.1, -0.05) is 79.7 Å². The van der Waals surface area contributed by atoms with Crippen LogP contribution >= 0.6 is 0 Å². The SMILES string of the molecule is CCCc1nnc(CC(Nc2ccccc2C(=O)c2ccccc2)c2ccc(OCCc3nc(-c4ccccc4)oc3C)cc2)o1. The Morgan fingerprint density at radius 1 is 0.804 bits per heavy atom. The molecule has 1 N–H and O–H groups in total. The zero-order valence-corrected chi connectivity index (χ0v) is 26.0. The Bertz CT molecular complexity index is 1860. The van der Waals surface area contributed by atoms with Gasteiger partial charge in [0, 0.05) is 35.2 Å². The molecule has 6 aromatic rings. The fourth-order valence-electron chi connectivity index (χ4n) is 5.28. The lowest BCUT2D eigenvalue weighted by atomic mass is 9.99. The van der Waals surface area contributed by atoms with Crippen molar-refractivity contribution >= 4 is 11.5 Å². The van der Waals surface area contributed by atoms with E-state index in [-0.39, 0.29) is 11.8 Å². The first-order chi connectivity index (χ1) is 22.6. The minimum atomic E-state index is -0.247. The average molecular weight is 613 g/mol. The minimum Gasteiger partial charge on any atom is -0.493 e. The summed E-state index contributed by atoms with van der Waals surface area (Å²) in [6.45, 7) is 4.46. The molecule has 0 amide bonds. The molecule has 1 atom stereocenters. The van der Waals surface area contributed by atoms with E-state index in [1.165, 1.54) is 0 Å². The number of ketones is 1. The number of aryl methyl sites for hydroxylation is 2. The number of oxazole rings is 1. The molecule has 4 aromatic carbocycles. The van der Waals surface area contributed by atoms with E-state index in [1.807, 2.05) is 116 Å². The monoisotopic (exact) mass is 612 g/mol. The summed E-state index contributed by atoms with van der Waals surface area (Å²) in [7, 11) is 0. The van der Waals surface area contributed by atoms with Crippen molar-refractivity contribution in [2.45, 2.75) is 45.6 Å². The minimum absolute atomic E-state index is 0.0486. The van der Waals surface area contributed by atoms with E-state index in [9.17, 15) is 4.79 Å². The van der Waals surface area contributed by atoms with E-state index in [4.69, 9.17) is 13.6 Å². The van der Waals surface area contributed by atoms with Gasteiger partial charge in [-0.3, -0.25) is 4.79 Å². The number of para-hydroxylation sites is 1. The van der Waals surface area contributed by atoms with Crippen molar-refractivity contribution in [3.05, 3.63) is 149 Å². The van der Waals surface area contributed by atoms with Gasteiger partial charge in [0.05, 0.1) is 24.8 Å². The van der Waals surface area contributed by atoms with Crippen LogP contribution in [0.15, 0.2) is 118 Å². The van der Waals surface area contributed by atoms with Crippen LogP contribution in [0, 0.1) is 6.92 Å². The van der Waals surface area contributed by atoms with E-state index >= 15 is 0 Å². The van der Waals surface area contributed by atoms with Crippen LogP contribution in [0.2, 0.25) is 0 Å². The van der Waals surface area contributed by atoms with Crippen LogP contribution in [-0.2, 0) is 19.3 Å². The molecule has 6 rings (SSSR count). The number of benzene rings is 4. The highest BCUT2D eigenvalue weighted by Crippen LogP contribution is 2.29. The molecule has 2 aromatic heterocycles. The summed E-state index contributed by atoms with van der Waals surface area (Å²) in [5.74, 6) is 3.26. The van der Waals surface area contributed by atoms with E-state index in [2.05, 4.69) is 27.4 Å². The molecule has 0 spiro atoms. The van der Waals surface area contributed by atoms with Crippen molar-refractivity contribution in [2.75, 3.05) is 11.9 Å². The number of hydrogen-bond donors (Lipinski definition) is 1. The third-order valence-electron chi connectivity index (χ3n) is 7.69. The third kappa shape index (κ3) is 7.41. The van der Waals surface area contributed by atoms with E-state index in [0.717, 1.165) is 46.9 Å². The Labute approximate surface area is 268 Å². The summed E-state index contributed by atoms with van der Waals surface area (Å²) in [6.07, 6.45) is 2.72. The first kappa shape index (κ1) is 30.5. The van der Waals surface area contributed by atoms with Crippen LogP contribution in [0.5, 0.6) is 5.75 Å². The topological polar surface area (TPSA) is 103 Å². The zero-order chi connectivity index (χ0) is 31.7. The molecule has 46 heavy (non-hydrogen) atoms. The molecule has 0 aliphatic carbocycles. The smallest absolute Gasteiger partial charge is 0.226 e. The molecule has 0 fully saturated rings. The summed E-state index contributed by atoms with van der Waals surface area (Å²) in [4.78, 5) is 18.1. The number of carbonyl (C=O) groups excluding carboxylic acids is 1. The van der Waals surface area contributed by atoms with Crippen molar-refractivity contribution in [3.63, 3.8) is 0 Å². The van der Waals surface area contributed by atoms with Crippen molar-refractivity contribution in [2.24, 2.45) is 0 Å². The summed E-state index contributed by atoms with van der Waals surface area (Å²) < 4.78 is 17.9. The summed E-state index contributed by atoms with van der Waals surface area (Å²) in [5.41, 5.74) is 4.77. The number of ether oxygens (including phenoxy) is 1. The van der Waals surface area contributed by atoms with Gasteiger partial charge in [-0.15, -0.1) is 10.2 Å². The predicted octanol–water partition coefficient (Wildman–Crippen LogP) is 8.23. The molecule has 0 aliphatic heterocycles. The zero-order valence-electron chi connectivity index (χ0n) is 26.0. The Kier molecular flexibility index (Phi) is 9.63. The number of aromatic nitrogens is 3. The van der Waals surface area contributed by atoms with Crippen LogP contribution < -0.4 is 10.1 Å². The van der Waals surface area contributed by atoms with Crippen molar-refractivity contribution in [1.82, 2.24) is 15.2 Å². The lowest BCUT2D eigenvalue weighted by Gasteiger charge is -2.21. The van der Waals surface area contributed by atoms with Crippen LogP contribution in [-0.4, -0.2) is 27.6 Å². The number of carbonyl (C=O) groups is 1. The first-order valence-electron chi connectivity index (χ1n) is 15.6. The molecule has 0 aliphatic rings. The molecule has 8 heteroatoms. The average Bonchev–Trinajstić information content (AvgIpc) is 3.71. The number of hydrogen-bond acceptors (Lipinski definition) is 8. The Morgan fingerprint density at radius 2 is 1.50 bits per heavy atom. The van der Waals surface area contributed by atoms with E-state index in [0.29, 0.717) is 48.2 Å². The van der Waals surface area contributed by atoms with E-state index < -0.39 is 0 Å². The number of nitrogens with one attached hydrogen (secondary N) is 1. The fourth-order valence-corrected chi connectivity index (χ4v) is 5.28. The predicted molar refractivity (Wildman–Crippen MR) is 177 cm³/mol. The highest BCUT2D eigenvalue weighted by Gasteiger charge is 2.21. The molecule has 0 saturated carbocycles. The maximum Gasteiger partial charge on any atom is 0.226 e. The second-order valence-electron chi connectivity index (χ2n) is 11.0. The molecular weight excluding hydrogens is 576 g/mol. The van der Waals surface area contributed by atoms with Gasteiger partial charge >= 0.3 is 0 Å². The van der Waals surface area contributed by atoms with Crippen molar-refractivity contribution in [1.29, 1.82) is 0 Å². The highest BCUT2D eigenvalue weighted by molar-refractivity contribution is 6.12. The van der Waals surface area contributed by atoms with Gasteiger partial charge in [0.25, 0.3) is 0 Å². The molecular formula is C38H36N4O4. The van der Waals surface area contributed by atoms with Gasteiger partial charge in [-0.2, -0.15) is 0 Å². The van der Waals surface area contributed by atoms with Gasteiger partial charge in [-0.05, 0) is 55.3 Å². The van der Waals surface area contributed by atoms with Gasteiger partial charge in [0.15, 0.2) is 5.78 Å². The third-order valence-corrected chi connectivity index (χ3v) is 7.69. The number of rotatable bonds is 14. The lowest BCUT2D eigenvalue weighted by molar-refractivity contribution is 0.103. The van der Waals surface area contributed by atoms with E-state index in [1.54, 1.807) is 0 Å². The molecule has 0 radical (unpaired) electrons. The van der Waals surface area contributed by atoms with Crippen LogP contribution in [0.1, 0.15) is 64.1 Å².